The number of pyridine rings is 1. The van der Waals surface area contributed by atoms with E-state index in [1.807, 2.05) is 83.6 Å². The summed E-state index contributed by atoms with van der Waals surface area (Å²) in [6.45, 7) is 22.4. The molecule has 0 N–H and O–H groups in total. The summed E-state index contributed by atoms with van der Waals surface area (Å²) in [5, 5.41) is 2.08. The van der Waals surface area contributed by atoms with Crippen LogP contribution >= 0.6 is 0 Å². The molecule has 426 valence electrons. The van der Waals surface area contributed by atoms with E-state index >= 15 is 0 Å². The number of ether oxygens (including phenoxy) is 1. The van der Waals surface area contributed by atoms with Crippen molar-refractivity contribution in [1.29, 1.82) is 0 Å². The van der Waals surface area contributed by atoms with Crippen molar-refractivity contribution in [2.75, 3.05) is 0 Å². The Balaban J connectivity index is 1.06. The molecule has 87 heavy (non-hydrogen) atoms. The van der Waals surface area contributed by atoms with E-state index in [2.05, 4.69) is 157 Å². The molecule has 5 heteroatoms. The van der Waals surface area contributed by atoms with Gasteiger partial charge in [0.15, 0.2) is 0 Å². The smallest absolute Gasteiger partial charge is 0.269 e. The highest BCUT2D eigenvalue weighted by Crippen LogP contribution is 2.53. The Kier molecular flexibility index (Phi) is 9.53. The lowest BCUT2D eigenvalue weighted by molar-refractivity contribution is -0.572. The molecule has 5 nitrogen and oxygen atoms in total. The van der Waals surface area contributed by atoms with Gasteiger partial charge in [-0.2, -0.15) is 0 Å². The first-order valence-electron chi connectivity index (χ1n) is 36.3. The summed E-state index contributed by atoms with van der Waals surface area (Å²) in [4.78, 5) is 4.92. The molecule has 1 aliphatic heterocycles. The molecule has 1 aliphatic carbocycles. The molecule has 0 saturated heterocycles. The molecule has 0 fully saturated rings. The largest absolute Gasteiger partial charge is 0.458 e. The van der Waals surface area contributed by atoms with E-state index in [1.165, 1.54) is 11.1 Å². The van der Waals surface area contributed by atoms with Gasteiger partial charge in [-0.05, 0) is 202 Å². The van der Waals surface area contributed by atoms with Crippen LogP contribution in [-0.4, -0.2) is 14.1 Å². The van der Waals surface area contributed by atoms with Crippen molar-refractivity contribution in [1.82, 2.24) is 14.1 Å². The molecule has 0 amide bonds. The highest BCUT2D eigenvalue weighted by Gasteiger charge is 2.39. The first-order valence-corrected chi connectivity index (χ1v) is 29.8. The molecular formula is C82H72N4O. The zero-order chi connectivity index (χ0) is 71.0. The third kappa shape index (κ3) is 9.21. The van der Waals surface area contributed by atoms with Gasteiger partial charge in [-0.15, -0.1) is 0 Å². The number of para-hydroxylation sites is 2. The van der Waals surface area contributed by atoms with Crippen LogP contribution in [0.15, 0.2) is 230 Å². The average molecular weight is 1140 g/mol. The quantitative estimate of drug-likeness (QED) is 0.118. The van der Waals surface area contributed by atoms with Crippen molar-refractivity contribution in [2.45, 2.75) is 104 Å². The van der Waals surface area contributed by atoms with Crippen molar-refractivity contribution < 1.29 is 27.1 Å². The van der Waals surface area contributed by atoms with Gasteiger partial charge in [0.2, 0.25) is 0 Å². The molecule has 10 aromatic carbocycles. The number of benzene rings is 10. The molecule has 0 radical (unpaired) electrons. The fourth-order valence-corrected chi connectivity index (χ4v) is 13.3. The van der Waals surface area contributed by atoms with Crippen LogP contribution in [0.4, 0.5) is 0 Å². The number of aromatic nitrogens is 4. The van der Waals surface area contributed by atoms with Gasteiger partial charge in [0.25, 0.3) is 6.33 Å². The second kappa shape index (κ2) is 20.0. The normalized spacial score (nSPS) is 16.3. The van der Waals surface area contributed by atoms with Gasteiger partial charge >= 0.3 is 0 Å². The Morgan fingerprint density at radius 1 is 0.494 bits per heavy atom. The number of rotatable bonds is 7. The van der Waals surface area contributed by atoms with Crippen LogP contribution < -0.4 is 9.30 Å². The van der Waals surface area contributed by atoms with E-state index < -0.39 is 106 Å². The van der Waals surface area contributed by atoms with Crippen LogP contribution in [0.3, 0.4) is 0 Å². The van der Waals surface area contributed by atoms with Crippen LogP contribution in [0.1, 0.15) is 122 Å². The number of imidazole rings is 1. The van der Waals surface area contributed by atoms with Gasteiger partial charge in [0, 0.05) is 23.0 Å². The number of hydrogen-bond acceptors (Lipinski definition) is 2. The zero-order valence-electron chi connectivity index (χ0n) is 63.5. The van der Waals surface area contributed by atoms with Crippen LogP contribution in [0.25, 0.3) is 117 Å². The summed E-state index contributed by atoms with van der Waals surface area (Å²) in [5.74, 6) is 1.82. The highest BCUT2D eigenvalue weighted by atomic mass is 16.5. The Bertz CT molecular complexity index is 5580. The topological polar surface area (TPSA) is 35.9 Å². The summed E-state index contributed by atoms with van der Waals surface area (Å²) >= 11 is 0. The monoisotopic (exact) mass is 1140 g/mol. The van der Waals surface area contributed by atoms with Gasteiger partial charge in [-0.25, -0.2) is 4.98 Å². The third-order valence-electron chi connectivity index (χ3n) is 17.9. The fraction of sp³-hybridized carbons (Fsp3) is 0.195. The zero-order valence-corrected chi connectivity index (χ0v) is 50.5. The Labute approximate surface area is 530 Å². The fourth-order valence-electron chi connectivity index (χ4n) is 13.3. The van der Waals surface area contributed by atoms with Crippen LogP contribution in [-0.2, 0) is 21.7 Å². The summed E-state index contributed by atoms with van der Waals surface area (Å²) in [6, 6.07) is 40.2. The SMILES string of the molecule is [2H]c1c([2H])c([2H])c(-c2c([2H])c(-c3cc4c5c(c3)n(-c3cccc(Oc6ccc7c8ccccc8n(-c8cc(C(C)(C)C)ccn8)c7c6)c3)[c-][n+]5-c3c(cccc3C(C)(C)C)-c3cc5c(cc3-c3ccccc3-4)C(C)(C)CCC5(C)C)c([2H])c(-c3c([2H])c([2H])c([2H])c([2H])c3[2H])c2[2H])c([2H])c1[2H]. The minimum absolute atomic E-state index is 0.135. The van der Waals surface area contributed by atoms with E-state index in [4.69, 9.17) is 17.9 Å². The molecule has 0 unspecified atom stereocenters. The molecule has 2 aliphatic rings. The maximum absolute atomic E-state index is 10.5. The third-order valence-corrected chi connectivity index (χ3v) is 17.9. The summed E-state index contributed by atoms with van der Waals surface area (Å²) in [6.07, 6.45) is 7.73. The maximum atomic E-state index is 10.5. The van der Waals surface area contributed by atoms with Crippen molar-refractivity contribution >= 4 is 32.8 Å². The van der Waals surface area contributed by atoms with Crippen LogP contribution in [0.2, 0.25) is 0 Å². The predicted molar refractivity (Wildman–Crippen MR) is 361 cm³/mol. The van der Waals surface area contributed by atoms with E-state index in [-0.39, 0.29) is 27.4 Å². The summed E-state index contributed by atoms with van der Waals surface area (Å²) in [7, 11) is 0. The molecule has 0 bridgehead atoms. The molecule has 3 aromatic heterocycles. The van der Waals surface area contributed by atoms with Gasteiger partial charge in [-0.3, -0.25) is 13.7 Å². The first kappa shape index (κ1) is 41.5. The van der Waals surface area contributed by atoms with Crippen LogP contribution in [0, 0.1) is 6.33 Å². The van der Waals surface area contributed by atoms with Crippen LogP contribution in [0.5, 0.6) is 11.5 Å². The molecular weight excluding hydrogens is 1060 g/mol. The number of nitrogens with zero attached hydrogens (tertiary/aromatic N) is 4. The van der Waals surface area contributed by atoms with Crippen molar-refractivity contribution in [3.8, 4) is 95.5 Å². The van der Waals surface area contributed by atoms with E-state index in [0.29, 0.717) is 33.8 Å². The lowest BCUT2D eigenvalue weighted by Crippen LogP contribution is -2.35. The van der Waals surface area contributed by atoms with Gasteiger partial charge in [0.1, 0.15) is 17.3 Å². The second-order valence-corrected chi connectivity index (χ2v) is 26.7. The highest BCUT2D eigenvalue weighted by molar-refractivity contribution is 6.10. The average Bonchev–Trinajstić information content (AvgIpc) is 1.36. The molecule has 13 aromatic rings. The molecule has 0 atom stereocenters. The van der Waals surface area contributed by atoms with Crippen molar-refractivity contribution in [2.24, 2.45) is 0 Å². The molecule has 0 spiro atoms. The summed E-state index contributed by atoms with van der Waals surface area (Å²) in [5.41, 5.74) is 11.4. The van der Waals surface area contributed by atoms with Gasteiger partial charge < -0.3 is 4.74 Å². The number of fused-ring (bicyclic) bond motifs is 11. The standard InChI is InChI=1S/C82H72N4O/c1-79(2,3)58-37-40-83-76(46-58)86-73-34-20-19-31-64(73)65-36-35-61(48-74(65)86)87-60-28-21-27-59(47-60)84-51-85-77-66(32-22-33-70(77)80(4,5)6)68-50-72-71(81(7,8)38-39-82(72,9)10)49-67(68)62-29-17-18-30-63(62)69-44-57(45-75(84)78(69)85)56-42-54(52-23-13-11-14-24-52)41-55(43-56)53-25-15-12-16-26-53/h11-37,40-50H,38-39H2,1-10H3/i11D,12D,13D,14D,15D,16D,23D,24D,25D,26D,41D,42D,43D. The summed E-state index contributed by atoms with van der Waals surface area (Å²) < 4.78 is 134. The Morgan fingerprint density at radius 3 is 1.75 bits per heavy atom. The van der Waals surface area contributed by atoms with E-state index in [0.717, 1.165) is 85.1 Å². The minimum Gasteiger partial charge on any atom is -0.458 e. The van der Waals surface area contributed by atoms with Crippen molar-refractivity contribution in [3.63, 3.8) is 0 Å². The lowest BCUT2D eigenvalue weighted by atomic mass is 9.62. The molecule has 15 rings (SSSR count). The maximum Gasteiger partial charge on any atom is 0.269 e. The Hall–Kier alpha value is -9.58. The van der Waals surface area contributed by atoms with Gasteiger partial charge in [0.05, 0.1) is 51.3 Å². The predicted octanol–water partition coefficient (Wildman–Crippen LogP) is 21.3. The second-order valence-electron chi connectivity index (χ2n) is 26.7. The first-order chi connectivity index (χ1) is 47.3. The minimum atomic E-state index is -0.739. The number of hydrogen-bond donors (Lipinski definition) is 0. The Morgan fingerprint density at radius 2 is 1.08 bits per heavy atom. The van der Waals surface area contributed by atoms with E-state index in [9.17, 15) is 9.60 Å². The van der Waals surface area contributed by atoms with E-state index in [1.54, 1.807) is 0 Å². The molecule has 0 saturated carbocycles. The lowest BCUT2D eigenvalue weighted by Gasteiger charge is -2.42. The van der Waals surface area contributed by atoms with Gasteiger partial charge in [-0.1, -0.05) is 209 Å². The molecule has 4 heterocycles. The van der Waals surface area contributed by atoms with Crippen molar-refractivity contribution in [3.05, 3.63) is 259 Å².